The standard InChI is InChI=1S/C13H16N2O5S2/c1-20-10-2-3-12-11(6-10)9(7-15-12)4-5-14-13(16)8-21-22(17,18)19/h2-3,6-7,15H,4-5,8H2,1H3,(H,14,16)(H,17,18,19)/p-1. The van der Waals surface area contributed by atoms with Crippen molar-refractivity contribution in [3.05, 3.63) is 30.0 Å². The molecule has 0 aliphatic rings. The Bertz CT molecular complexity index is 770. The third-order valence-corrected chi connectivity index (χ3v) is 4.91. The van der Waals surface area contributed by atoms with Gasteiger partial charge in [0.1, 0.15) is 14.9 Å². The molecule has 2 aromatic rings. The van der Waals surface area contributed by atoms with E-state index in [1.165, 1.54) is 0 Å². The van der Waals surface area contributed by atoms with E-state index in [-0.39, 0.29) is 10.8 Å². The highest BCUT2D eigenvalue weighted by molar-refractivity contribution is 8.70. The van der Waals surface area contributed by atoms with Gasteiger partial charge in [0.05, 0.1) is 12.9 Å². The number of hydrogen-bond acceptors (Lipinski definition) is 6. The van der Waals surface area contributed by atoms with Crippen LogP contribution in [0.5, 0.6) is 5.75 Å². The minimum atomic E-state index is -4.44. The van der Waals surface area contributed by atoms with Gasteiger partial charge >= 0.3 is 0 Å². The molecule has 0 radical (unpaired) electrons. The van der Waals surface area contributed by atoms with Crippen LogP contribution in [0, 0.1) is 0 Å². The van der Waals surface area contributed by atoms with Crippen molar-refractivity contribution in [2.24, 2.45) is 0 Å². The lowest BCUT2D eigenvalue weighted by molar-refractivity contribution is -0.118. The van der Waals surface area contributed by atoms with Gasteiger partial charge in [0.25, 0.3) is 0 Å². The zero-order valence-corrected chi connectivity index (χ0v) is 13.4. The molecule has 1 heterocycles. The second-order valence-electron chi connectivity index (χ2n) is 4.50. The van der Waals surface area contributed by atoms with Crippen molar-refractivity contribution < 1.29 is 22.5 Å². The van der Waals surface area contributed by atoms with E-state index in [0.717, 1.165) is 22.2 Å². The number of carbonyl (C=O) groups excluding carboxylic acids is 1. The summed E-state index contributed by atoms with van der Waals surface area (Å²) in [5.41, 5.74) is 1.98. The van der Waals surface area contributed by atoms with E-state index in [4.69, 9.17) is 4.74 Å². The van der Waals surface area contributed by atoms with Gasteiger partial charge in [-0.3, -0.25) is 4.79 Å². The minimum Gasteiger partial charge on any atom is -0.739 e. The van der Waals surface area contributed by atoms with Crippen LogP contribution in [-0.4, -0.2) is 43.3 Å². The summed E-state index contributed by atoms with van der Waals surface area (Å²) in [4.78, 5) is 14.5. The first kappa shape index (κ1) is 16.7. The number of amides is 1. The Balaban J connectivity index is 1.90. The first-order valence-electron chi connectivity index (χ1n) is 6.40. The van der Waals surface area contributed by atoms with E-state index < -0.39 is 20.8 Å². The molecule has 7 nitrogen and oxygen atoms in total. The lowest BCUT2D eigenvalue weighted by Gasteiger charge is -2.07. The van der Waals surface area contributed by atoms with Crippen molar-refractivity contribution in [2.45, 2.75) is 6.42 Å². The fourth-order valence-corrected chi connectivity index (χ4v) is 3.11. The molecule has 0 bridgehead atoms. The molecule has 0 unspecified atom stereocenters. The van der Waals surface area contributed by atoms with Crippen LogP contribution in [0.2, 0.25) is 0 Å². The van der Waals surface area contributed by atoms with Gasteiger partial charge in [0.2, 0.25) is 5.91 Å². The molecule has 0 spiro atoms. The average Bonchev–Trinajstić information content (AvgIpc) is 2.87. The summed E-state index contributed by atoms with van der Waals surface area (Å²) in [6, 6.07) is 5.67. The van der Waals surface area contributed by atoms with Crippen LogP contribution in [0.3, 0.4) is 0 Å². The maximum atomic E-state index is 11.4. The fraction of sp³-hybridized carbons (Fsp3) is 0.308. The van der Waals surface area contributed by atoms with E-state index in [1.807, 2.05) is 24.4 Å². The molecule has 2 rings (SSSR count). The van der Waals surface area contributed by atoms with Crippen LogP contribution in [0.25, 0.3) is 10.9 Å². The SMILES string of the molecule is COc1ccc2[nH]cc(CCNC(=O)CSS(=O)(=O)[O-])c2c1. The Kier molecular flexibility index (Phi) is 5.33. The molecule has 0 saturated heterocycles. The Morgan fingerprint density at radius 1 is 1.45 bits per heavy atom. The topological polar surface area (TPSA) is 111 Å². The smallest absolute Gasteiger partial charge is 0.231 e. The highest BCUT2D eigenvalue weighted by atomic mass is 33.1. The van der Waals surface area contributed by atoms with Crippen molar-refractivity contribution in [3.8, 4) is 5.75 Å². The Labute approximate surface area is 131 Å². The summed E-state index contributed by atoms with van der Waals surface area (Å²) >= 11 is 0. The van der Waals surface area contributed by atoms with E-state index in [1.54, 1.807) is 7.11 Å². The first-order chi connectivity index (χ1) is 10.4. The van der Waals surface area contributed by atoms with Gasteiger partial charge < -0.3 is 19.6 Å². The molecule has 0 aliphatic carbocycles. The second kappa shape index (κ2) is 7.03. The third kappa shape index (κ3) is 4.65. The van der Waals surface area contributed by atoms with Gasteiger partial charge in [-0.25, -0.2) is 8.42 Å². The third-order valence-electron chi connectivity index (χ3n) is 3.03. The van der Waals surface area contributed by atoms with Gasteiger partial charge in [0, 0.05) is 23.6 Å². The normalized spacial score (nSPS) is 11.5. The summed E-state index contributed by atoms with van der Waals surface area (Å²) < 4.78 is 36.4. The number of ether oxygens (including phenoxy) is 1. The molecular formula is C13H15N2O5S2-. The highest BCUT2D eigenvalue weighted by Gasteiger charge is 2.07. The van der Waals surface area contributed by atoms with Crippen molar-refractivity contribution in [1.82, 2.24) is 10.3 Å². The maximum Gasteiger partial charge on any atom is 0.231 e. The molecule has 22 heavy (non-hydrogen) atoms. The van der Waals surface area contributed by atoms with Gasteiger partial charge in [-0.05, 0) is 41.0 Å². The zero-order valence-electron chi connectivity index (χ0n) is 11.8. The molecule has 0 fully saturated rings. The molecule has 1 amide bonds. The number of methoxy groups -OCH3 is 1. The number of rotatable bonds is 7. The second-order valence-corrected chi connectivity index (χ2v) is 7.77. The number of aromatic nitrogens is 1. The van der Waals surface area contributed by atoms with Gasteiger partial charge in [-0.2, -0.15) is 0 Å². The summed E-state index contributed by atoms with van der Waals surface area (Å²) in [7, 11) is -2.77. The van der Waals surface area contributed by atoms with E-state index in [9.17, 15) is 17.8 Å². The number of carbonyl (C=O) groups is 1. The largest absolute Gasteiger partial charge is 0.739 e. The van der Waals surface area contributed by atoms with Crippen molar-refractivity contribution in [3.63, 3.8) is 0 Å². The molecule has 0 atom stereocenters. The van der Waals surface area contributed by atoms with Crippen LogP contribution in [0.1, 0.15) is 5.56 Å². The molecule has 1 aromatic carbocycles. The number of nitrogens with one attached hydrogen (secondary N) is 2. The first-order valence-corrected chi connectivity index (χ1v) is 9.31. The zero-order chi connectivity index (χ0) is 16.2. The van der Waals surface area contributed by atoms with Crippen LogP contribution in [0.15, 0.2) is 24.4 Å². The van der Waals surface area contributed by atoms with E-state index >= 15 is 0 Å². The summed E-state index contributed by atoms with van der Waals surface area (Å²) in [6.07, 6.45) is 2.43. The van der Waals surface area contributed by atoms with Crippen LogP contribution in [-0.2, 0) is 20.4 Å². The van der Waals surface area contributed by atoms with Gasteiger partial charge in [-0.1, -0.05) is 0 Å². The molecular weight excluding hydrogens is 328 g/mol. The molecule has 0 saturated carbocycles. The Morgan fingerprint density at radius 3 is 2.91 bits per heavy atom. The molecule has 9 heteroatoms. The number of hydrogen-bond donors (Lipinski definition) is 2. The highest BCUT2D eigenvalue weighted by Crippen LogP contribution is 2.23. The van der Waals surface area contributed by atoms with Crippen LogP contribution >= 0.6 is 10.8 Å². The predicted molar refractivity (Wildman–Crippen MR) is 83.7 cm³/mol. The van der Waals surface area contributed by atoms with Crippen LogP contribution in [0.4, 0.5) is 0 Å². The van der Waals surface area contributed by atoms with Crippen LogP contribution < -0.4 is 10.1 Å². The van der Waals surface area contributed by atoms with Crippen molar-refractivity contribution in [2.75, 3.05) is 19.4 Å². The van der Waals surface area contributed by atoms with E-state index in [2.05, 4.69) is 10.3 Å². The van der Waals surface area contributed by atoms with Gasteiger partial charge in [-0.15, -0.1) is 0 Å². The number of aromatic amines is 1. The summed E-state index contributed by atoms with van der Waals surface area (Å²) in [6.45, 7) is 0.350. The summed E-state index contributed by atoms with van der Waals surface area (Å²) in [5, 5.41) is 3.58. The fourth-order valence-electron chi connectivity index (χ4n) is 2.00. The number of benzene rings is 1. The monoisotopic (exact) mass is 343 g/mol. The van der Waals surface area contributed by atoms with E-state index in [0.29, 0.717) is 13.0 Å². The van der Waals surface area contributed by atoms with Crippen molar-refractivity contribution in [1.29, 1.82) is 0 Å². The molecule has 1 aromatic heterocycles. The average molecular weight is 343 g/mol. The van der Waals surface area contributed by atoms with Crippen molar-refractivity contribution >= 4 is 36.8 Å². The lowest BCUT2D eigenvalue weighted by atomic mass is 10.1. The maximum absolute atomic E-state index is 11.4. The quantitative estimate of drug-likeness (QED) is 0.574. The minimum absolute atomic E-state index is 0.0790. The molecule has 2 N–H and O–H groups in total. The Hall–Kier alpha value is -1.71. The predicted octanol–water partition coefficient (Wildman–Crippen LogP) is 1.03. The number of fused-ring (bicyclic) bond motifs is 1. The molecule has 0 aliphatic heterocycles. The lowest BCUT2D eigenvalue weighted by Crippen LogP contribution is -2.27. The molecule has 120 valence electrons. The summed E-state index contributed by atoms with van der Waals surface area (Å²) in [5.74, 6) is -0.135. The van der Waals surface area contributed by atoms with Gasteiger partial charge in [0.15, 0.2) is 0 Å². The Morgan fingerprint density at radius 2 is 2.23 bits per heavy atom. The number of H-pyrrole nitrogens is 1.